The molecule has 2 aliphatic heterocycles. The molecule has 2 fully saturated rings. The number of methoxy groups -OCH3 is 1. The van der Waals surface area contributed by atoms with Crippen LogP contribution in [0.3, 0.4) is 0 Å². The van der Waals surface area contributed by atoms with Crippen LogP contribution in [0.5, 0.6) is 5.75 Å². The second kappa shape index (κ2) is 8.07. The number of anilines is 1. The summed E-state index contributed by atoms with van der Waals surface area (Å²) in [5, 5.41) is 0. The Hall–Kier alpha value is -2.33. The second-order valence-electron chi connectivity index (χ2n) is 9.37. The third kappa shape index (κ3) is 3.85. The molecule has 2 aromatic carbocycles. The summed E-state index contributed by atoms with van der Waals surface area (Å²) < 4.78 is 5.54. The number of nitrogens with zero attached hydrogens (tertiary/aromatic N) is 2. The molecule has 5 rings (SSSR count). The van der Waals surface area contributed by atoms with Crippen molar-refractivity contribution in [2.24, 2.45) is 5.92 Å². The number of carbonyl (C=O) groups is 1. The molecule has 1 aliphatic carbocycles. The van der Waals surface area contributed by atoms with Gasteiger partial charge in [0.05, 0.1) is 7.11 Å². The van der Waals surface area contributed by atoms with E-state index in [0.717, 1.165) is 56.3 Å². The van der Waals surface area contributed by atoms with Gasteiger partial charge in [-0.15, -0.1) is 0 Å². The quantitative estimate of drug-likeness (QED) is 0.715. The fourth-order valence-corrected chi connectivity index (χ4v) is 5.29. The maximum absolute atomic E-state index is 13.3. The zero-order valence-electron chi connectivity index (χ0n) is 18.0. The molecule has 1 saturated heterocycles. The average Bonchev–Trinajstić information content (AvgIpc) is 3.56. The molecule has 1 saturated carbocycles. The highest BCUT2D eigenvalue weighted by atomic mass is 16.5. The number of hydrogen-bond donors (Lipinski definition) is 0. The molecule has 2 aromatic rings. The highest BCUT2D eigenvalue weighted by Gasteiger charge is 2.46. The topological polar surface area (TPSA) is 32.8 Å². The van der Waals surface area contributed by atoms with E-state index >= 15 is 0 Å². The van der Waals surface area contributed by atoms with Crippen molar-refractivity contribution in [1.82, 2.24) is 4.90 Å². The van der Waals surface area contributed by atoms with Crippen molar-refractivity contribution in [2.75, 3.05) is 38.2 Å². The monoisotopic (exact) mass is 404 g/mol. The van der Waals surface area contributed by atoms with Gasteiger partial charge >= 0.3 is 0 Å². The number of likely N-dealkylation sites (tertiary alicyclic amines) is 1. The molecule has 0 radical (unpaired) electrons. The summed E-state index contributed by atoms with van der Waals surface area (Å²) >= 11 is 0. The van der Waals surface area contributed by atoms with Crippen LogP contribution in [0.4, 0.5) is 5.69 Å². The van der Waals surface area contributed by atoms with E-state index in [1.54, 1.807) is 7.11 Å². The number of piperidine rings is 1. The number of fused-ring (bicyclic) bond motifs is 2. The molecule has 2 heterocycles. The maximum atomic E-state index is 13.3. The van der Waals surface area contributed by atoms with Gasteiger partial charge in [0, 0.05) is 30.6 Å². The number of rotatable bonds is 6. The second-order valence-corrected chi connectivity index (χ2v) is 9.37. The largest absolute Gasteiger partial charge is 0.497 e. The van der Waals surface area contributed by atoms with Crippen LogP contribution in [0, 0.1) is 5.92 Å². The van der Waals surface area contributed by atoms with Crippen molar-refractivity contribution in [3.63, 3.8) is 0 Å². The molecular formula is C26H32N2O2. The highest BCUT2D eigenvalue weighted by molar-refractivity contribution is 5.96. The minimum atomic E-state index is 0.0757. The first-order valence-electron chi connectivity index (χ1n) is 11.4. The molecule has 4 heteroatoms. The predicted octanol–water partition coefficient (Wildman–Crippen LogP) is 4.42. The zero-order chi connectivity index (χ0) is 20.6. The minimum absolute atomic E-state index is 0.0757. The third-order valence-electron chi connectivity index (χ3n) is 7.32. The van der Waals surface area contributed by atoms with Gasteiger partial charge in [0.25, 0.3) is 0 Å². The van der Waals surface area contributed by atoms with E-state index in [1.807, 2.05) is 24.3 Å². The molecule has 0 N–H and O–H groups in total. The first-order valence-corrected chi connectivity index (χ1v) is 11.4. The molecule has 0 aromatic heterocycles. The fraction of sp³-hybridized carbons (Fsp3) is 0.500. The molecule has 30 heavy (non-hydrogen) atoms. The molecule has 0 unspecified atom stereocenters. The molecule has 3 aliphatic rings. The van der Waals surface area contributed by atoms with Crippen LogP contribution in [0.15, 0.2) is 48.5 Å². The van der Waals surface area contributed by atoms with Crippen molar-refractivity contribution in [1.29, 1.82) is 0 Å². The van der Waals surface area contributed by atoms with Crippen LogP contribution in [-0.4, -0.2) is 44.1 Å². The number of benzene rings is 2. The van der Waals surface area contributed by atoms with Gasteiger partial charge in [-0.3, -0.25) is 4.79 Å². The van der Waals surface area contributed by atoms with Crippen LogP contribution in [-0.2, 0) is 16.6 Å². The summed E-state index contributed by atoms with van der Waals surface area (Å²) in [6.07, 6.45) is 6.42. The zero-order valence-corrected chi connectivity index (χ0v) is 18.0. The third-order valence-corrected chi connectivity index (χ3v) is 7.32. The normalized spacial score (nSPS) is 20.4. The summed E-state index contributed by atoms with van der Waals surface area (Å²) in [7, 11) is 1.73. The molecule has 1 spiro atoms. The van der Waals surface area contributed by atoms with Gasteiger partial charge in [0.1, 0.15) is 5.75 Å². The first-order chi connectivity index (χ1) is 14.7. The summed E-state index contributed by atoms with van der Waals surface area (Å²) in [4.78, 5) is 18.0. The fourth-order valence-electron chi connectivity index (χ4n) is 5.29. The molecular weight excluding hydrogens is 372 g/mol. The van der Waals surface area contributed by atoms with E-state index in [4.69, 9.17) is 4.74 Å². The van der Waals surface area contributed by atoms with Crippen molar-refractivity contribution >= 4 is 11.6 Å². The number of hydrogen-bond acceptors (Lipinski definition) is 3. The van der Waals surface area contributed by atoms with Gasteiger partial charge in [0.2, 0.25) is 5.91 Å². The van der Waals surface area contributed by atoms with E-state index < -0.39 is 0 Å². The summed E-state index contributed by atoms with van der Waals surface area (Å²) in [6, 6.07) is 16.6. The molecule has 0 atom stereocenters. The van der Waals surface area contributed by atoms with Crippen LogP contribution in [0.1, 0.15) is 43.2 Å². The highest BCUT2D eigenvalue weighted by Crippen LogP contribution is 2.48. The van der Waals surface area contributed by atoms with Gasteiger partial charge in [0.15, 0.2) is 0 Å². The minimum Gasteiger partial charge on any atom is -0.497 e. The number of aryl methyl sites for hydroxylation is 1. The van der Waals surface area contributed by atoms with Gasteiger partial charge < -0.3 is 14.5 Å². The Morgan fingerprint density at radius 3 is 2.57 bits per heavy atom. The van der Waals surface area contributed by atoms with Crippen LogP contribution < -0.4 is 9.64 Å². The van der Waals surface area contributed by atoms with Crippen molar-refractivity contribution in [3.8, 4) is 5.75 Å². The SMILES string of the molecule is COc1ccc2c(c1)C1(CCN(CC3CC3)CC1)CN2C(=O)CCc1ccccc1. The number of carbonyl (C=O) groups excluding carboxylic acids is 1. The van der Waals surface area contributed by atoms with E-state index in [-0.39, 0.29) is 11.3 Å². The summed E-state index contributed by atoms with van der Waals surface area (Å²) in [5.41, 5.74) is 3.72. The van der Waals surface area contributed by atoms with E-state index in [9.17, 15) is 4.79 Å². The van der Waals surface area contributed by atoms with Crippen LogP contribution >= 0.6 is 0 Å². The summed E-state index contributed by atoms with van der Waals surface area (Å²) in [6.45, 7) is 4.36. The molecule has 158 valence electrons. The smallest absolute Gasteiger partial charge is 0.227 e. The molecule has 1 amide bonds. The van der Waals surface area contributed by atoms with Crippen molar-refractivity contribution in [3.05, 3.63) is 59.7 Å². The Morgan fingerprint density at radius 2 is 1.87 bits per heavy atom. The van der Waals surface area contributed by atoms with E-state index in [0.29, 0.717) is 6.42 Å². The standard InChI is InChI=1S/C26H32N2O2/c1-30-22-10-11-24-23(17-22)26(13-15-27(16-14-26)18-21-7-8-21)19-28(24)25(29)12-9-20-5-3-2-4-6-20/h2-6,10-11,17,21H,7-9,12-16,18-19H2,1H3. The molecule has 4 nitrogen and oxygen atoms in total. The van der Waals surface area contributed by atoms with Crippen molar-refractivity contribution < 1.29 is 9.53 Å². The average molecular weight is 405 g/mol. The lowest BCUT2D eigenvalue weighted by Gasteiger charge is -2.40. The Labute approximate surface area is 179 Å². The van der Waals surface area contributed by atoms with E-state index in [1.165, 1.54) is 30.5 Å². The lowest BCUT2D eigenvalue weighted by molar-refractivity contribution is -0.118. The Bertz CT molecular complexity index is 899. The molecule has 0 bridgehead atoms. The Kier molecular flexibility index (Phi) is 5.28. The van der Waals surface area contributed by atoms with Gasteiger partial charge in [-0.25, -0.2) is 0 Å². The Morgan fingerprint density at radius 1 is 1.10 bits per heavy atom. The van der Waals surface area contributed by atoms with Crippen molar-refractivity contribution in [2.45, 2.75) is 43.9 Å². The lowest BCUT2D eigenvalue weighted by Crippen LogP contribution is -2.46. The van der Waals surface area contributed by atoms with Crippen LogP contribution in [0.25, 0.3) is 0 Å². The maximum Gasteiger partial charge on any atom is 0.227 e. The Balaban J connectivity index is 1.34. The predicted molar refractivity (Wildman–Crippen MR) is 120 cm³/mol. The van der Waals surface area contributed by atoms with Gasteiger partial charge in [-0.05, 0) is 80.4 Å². The lowest BCUT2D eigenvalue weighted by atomic mass is 9.74. The summed E-state index contributed by atoms with van der Waals surface area (Å²) in [5.74, 6) is 2.07. The number of ether oxygens (including phenoxy) is 1. The van der Waals surface area contributed by atoms with Gasteiger partial charge in [-0.1, -0.05) is 30.3 Å². The first kappa shape index (κ1) is 19.6. The van der Waals surface area contributed by atoms with E-state index in [2.05, 4.69) is 34.1 Å². The van der Waals surface area contributed by atoms with Gasteiger partial charge in [-0.2, -0.15) is 0 Å². The van der Waals surface area contributed by atoms with Crippen LogP contribution in [0.2, 0.25) is 0 Å². The number of amides is 1.